The Bertz CT molecular complexity index is 709. The maximum atomic E-state index is 12.2. The average molecular weight is 331 g/mol. The van der Waals surface area contributed by atoms with E-state index in [0.29, 0.717) is 10.7 Å². The molecule has 1 amide bonds. The van der Waals surface area contributed by atoms with E-state index >= 15 is 0 Å². The van der Waals surface area contributed by atoms with Crippen molar-refractivity contribution in [3.8, 4) is 11.5 Å². The summed E-state index contributed by atoms with van der Waals surface area (Å²) in [6.07, 6.45) is 1.84. The second-order valence-corrected chi connectivity index (χ2v) is 6.69. The first-order valence-electron chi connectivity index (χ1n) is 7.55. The lowest BCUT2D eigenvalue weighted by atomic mass is 10.1. The number of nitrogens with zero attached hydrogens (tertiary/aromatic N) is 3. The summed E-state index contributed by atoms with van der Waals surface area (Å²) in [6.45, 7) is 4.01. The van der Waals surface area contributed by atoms with Gasteiger partial charge >= 0.3 is 0 Å². The number of rotatable bonds is 1. The lowest BCUT2D eigenvalue weighted by Gasteiger charge is -2.32. The highest BCUT2D eigenvalue weighted by atomic mass is 32.2. The van der Waals surface area contributed by atoms with Crippen LogP contribution in [0.4, 0.5) is 0 Å². The zero-order chi connectivity index (χ0) is 15.8. The summed E-state index contributed by atoms with van der Waals surface area (Å²) in [6, 6.07) is 5.68. The Kier molecular flexibility index (Phi) is 3.74. The summed E-state index contributed by atoms with van der Waals surface area (Å²) >= 11 is 1.44. The minimum absolute atomic E-state index is 0.180. The van der Waals surface area contributed by atoms with Gasteiger partial charge in [0.05, 0.1) is 4.91 Å². The number of para-hydroxylation sites is 1. The SMILES string of the molecule is CN1CCN(C2=NC(=O)C(=Cc3cccc4c3OCO4)S2)CC1. The summed E-state index contributed by atoms with van der Waals surface area (Å²) in [7, 11) is 2.11. The Morgan fingerprint density at radius 1 is 1.22 bits per heavy atom. The van der Waals surface area contributed by atoms with Gasteiger partial charge in [0.1, 0.15) is 0 Å². The average Bonchev–Trinajstić information content (AvgIpc) is 3.16. The molecule has 23 heavy (non-hydrogen) atoms. The minimum atomic E-state index is -0.180. The highest BCUT2D eigenvalue weighted by molar-refractivity contribution is 8.18. The van der Waals surface area contributed by atoms with E-state index in [9.17, 15) is 4.79 Å². The second kappa shape index (κ2) is 5.90. The predicted octanol–water partition coefficient (Wildman–Crippen LogP) is 1.63. The van der Waals surface area contributed by atoms with Crippen molar-refractivity contribution < 1.29 is 14.3 Å². The smallest absolute Gasteiger partial charge is 0.286 e. The van der Waals surface area contributed by atoms with Crippen LogP contribution in [-0.4, -0.2) is 60.9 Å². The molecular weight excluding hydrogens is 314 g/mol. The number of ether oxygens (including phenoxy) is 2. The van der Waals surface area contributed by atoms with Crippen LogP contribution in [-0.2, 0) is 4.79 Å². The van der Waals surface area contributed by atoms with Crippen molar-refractivity contribution in [2.75, 3.05) is 40.0 Å². The Hall–Kier alpha value is -1.99. The first-order valence-corrected chi connectivity index (χ1v) is 8.37. The van der Waals surface area contributed by atoms with Gasteiger partial charge in [0.15, 0.2) is 16.7 Å². The molecule has 0 bridgehead atoms. The summed E-state index contributed by atoms with van der Waals surface area (Å²) in [4.78, 5) is 21.5. The largest absolute Gasteiger partial charge is 0.454 e. The first-order chi connectivity index (χ1) is 11.2. The van der Waals surface area contributed by atoms with E-state index in [4.69, 9.17) is 9.47 Å². The van der Waals surface area contributed by atoms with Gasteiger partial charge in [0, 0.05) is 31.7 Å². The number of carbonyl (C=O) groups excluding carboxylic acids is 1. The van der Waals surface area contributed by atoms with Crippen molar-refractivity contribution in [2.45, 2.75) is 0 Å². The van der Waals surface area contributed by atoms with Crippen molar-refractivity contribution >= 4 is 28.9 Å². The van der Waals surface area contributed by atoms with Crippen molar-refractivity contribution in [1.82, 2.24) is 9.80 Å². The van der Waals surface area contributed by atoms with Crippen LogP contribution in [0.15, 0.2) is 28.1 Å². The molecule has 1 fully saturated rings. The number of benzene rings is 1. The van der Waals surface area contributed by atoms with Gasteiger partial charge in [-0.05, 0) is 31.0 Å². The Balaban J connectivity index is 1.54. The van der Waals surface area contributed by atoms with Gasteiger partial charge < -0.3 is 19.3 Å². The van der Waals surface area contributed by atoms with Crippen molar-refractivity contribution in [1.29, 1.82) is 0 Å². The maximum absolute atomic E-state index is 12.2. The van der Waals surface area contributed by atoms with E-state index in [2.05, 4.69) is 21.8 Å². The van der Waals surface area contributed by atoms with Gasteiger partial charge in [-0.3, -0.25) is 4.79 Å². The van der Waals surface area contributed by atoms with Crippen LogP contribution in [0.2, 0.25) is 0 Å². The Morgan fingerprint density at radius 3 is 2.87 bits per heavy atom. The number of hydrogen-bond donors (Lipinski definition) is 0. The predicted molar refractivity (Wildman–Crippen MR) is 89.6 cm³/mol. The highest BCUT2D eigenvalue weighted by Crippen LogP contribution is 2.38. The Morgan fingerprint density at radius 2 is 2.04 bits per heavy atom. The molecule has 0 aromatic heterocycles. The van der Waals surface area contributed by atoms with Crippen LogP contribution in [0.3, 0.4) is 0 Å². The van der Waals surface area contributed by atoms with E-state index in [0.717, 1.165) is 42.7 Å². The minimum Gasteiger partial charge on any atom is -0.454 e. The lowest BCUT2D eigenvalue weighted by molar-refractivity contribution is -0.113. The van der Waals surface area contributed by atoms with Crippen LogP contribution in [0, 0.1) is 0 Å². The molecule has 3 aliphatic rings. The number of amidine groups is 1. The highest BCUT2D eigenvalue weighted by Gasteiger charge is 2.28. The van der Waals surface area contributed by atoms with Gasteiger partial charge in [0.25, 0.3) is 5.91 Å². The number of hydrogen-bond acceptors (Lipinski definition) is 6. The number of amides is 1. The van der Waals surface area contributed by atoms with E-state index in [1.165, 1.54) is 11.8 Å². The number of piperazine rings is 1. The second-order valence-electron chi connectivity index (χ2n) is 5.68. The van der Waals surface area contributed by atoms with Gasteiger partial charge in [0.2, 0.25) is 6.79 Å². The maximum Gasteiger partial charge on any atom is 0.286 e. The molecule has 6 nitrogen and oxygen atoms in total. The fourth-order valence-corrected chi connectivity index (χ4v) is 3.69. The standard InChI is InChI=1S/C16H17N3O3S/c1-18-5-7-19(8-6-18)16-17-15(20)13(23-16)9-11-3-2-4-12-14(11)22-10-21-12/h2-4,9H,5-8,10H2,1H3. The number of likely N-dealkylation sites (N-methyl/N-ethyl adjacent to an activating group) is 1. The van der Waals surface area contributed by atoms with E-state index < -0.39 is 0 Å². The summed E-state index contributed by atoms with van der Waals surface area (Å²) in [5, 5.41) is 0.805. The monoisotopic (exact) mass is 331 g/mol. The molecule has 7 heteroatoms. The molecule has 0 atom stereocenters. The third kappa shape index (κ3) is 2.82. The van der Waals surface area contributed by atoms with Crippen molar-refractivity contribution in [3.05, 3.63) is 28.7 Å². The third-order valence-electron chi connectivity index (χ3n) is 4.10. The molecule has 0 radical (unpaired) electrons. The molecular formula is C16H17N3O3S. The van der Waals surface area contributed by atoms with Gasteiger partial charge in [-0.15, -0.1) is 0 Å². The fourth-order valence-electron chi connectivity index (χ4n) is 2.74. The van der Waals surface area contributed by atoms with E-state index in [-0.39, 0.29) is 12.7 Å². The molecule has 1 aromatic rings. The molecule has 0 N–H and O–H groups in total. The number of fused-ring (bicyclic) bond motifs is 1. The van der Waals surface area contributed by atoms with Crippen molar-refractivity contribution in [3.63, 3.8) is 0 Å². The Labute approximate surface area is 138 Å². The van der Waals surface area contributed by atoms with E-state index in [1.54, 1.807) is 0 Å². The first kappa shape index (κ1) is 14.6. The molecule has 0 aliphatic carbocycles. The zero-order valence-corrected chi connectivity index (χ0v) is 13.6. The van der Waals surface area contributed by atoms with Crippen LogP contribution < -0.4 is 9.47 Å². The van der Waals surface area contributed by atoms with Crippen LogP contribution >= 0.6 is 11.8 Å². The molecule has 120 valence electrons. The van der Waals surface area contributed by atoms with E-state index in [1.807, 2.05) is 24.3 Å². The fraction of sp³-hybridized carbons (Fsp3) is 0.375. The molecule has 0 saturated carbocycles. The number of carbonyl (C=O) groups is 1. The third-order valence-corrected chi connectivity index (χ3v) is 5.14. The van der Waals surface area contributed by atoms with Crippen LogP contribution in [0.25, 0.3) is 6.08 Å². The quantitative estimate of drug-likeness (QED) is 0.729. The molecule has 3 heterocycles. The number of thioether (sulfide) groups is 1. The summed E-state index contributed by atoms with van der Waals surface area (Å²) < 4.78 is 10.9. The van der Waals surface area contributed by atoms with Gasteiger partial charge in [-0.1, -0.05) is 12.1 Å². The molecule has 1 saturated heterocycles. The van der Waals surface area contributed by atoms with Gasteiger partial charge in [-0.2, -0.15) is 4.99 Å². The molecule has 4 rings (SSSR count). The van der Waals surface area contributed by atoms with Crippen molar-refractivity contribution in [2.24, 2.45) is 4.99 Å². The normalized spacial score (nSPS) is 22.8. The summed E-state index contributed by atoms with van der Waals surface area (Å²) in [5.74, 6) is 1.23. The zero-order valence-electron chi connectivity index (χ0n) is 12.8. The molecule has 0 spiro atoms. The molecule has 1 aromatic carbocycles. The molecule has 3 aliphatic heterocycles. The van der Waals surface area contributed by atoms with Gasteiger partial charge in [-0.25, -0.2) is 0 Å². The van der Waals surface area contributed by atoms with Crippen LogP contribution in [0.1, 0.15) is 5.56 Å². The number of aliphatic imine (C=N–C) groups is 1. The molecule has 0 unspecified atom stereocenters. The van der Waals surface area contributed by atoms with Crippen LogP contribution in [0.5, 0.6) is 11.5 Å². The topological polar surface area (TPSA) is 54.4 Å². The summed E-state index contributed by atoms with van der Waals surface area (Å²) in [5.41, 5.74) is 0.852. The lowest BCUT2D eigenvalue weighted by Crippen LogP contribution is -2.46.